The number of nitrogens with one attached hydrogen (secondary N) is 3. The molecular formula is C22H29N5O3. The first kappa shape index (κ1) is 20.4. The molecule has 1 atom stereocenters. The summed E-state index contributed by atoms with van der Waals surface area (Å²) in [5.74, 6) is 0.572. The second-order valence-corrected chi connectivity index (χ2v) is 7.78. The Kier molecular flexibility index (Phi) is 6.32. The summed E-state index contributed by atoms with van der Waals surface area (Å²) in [4.78, 5) is 27.2. The van der Waals surface area contributed by atoms with Gasteiger partial charge in [0.15, 0.2) is 0 Å². The van der Waals surface area contributed by atoms with Crippen molar-refractivity contribution in [3.05, 3.63) is 46.8 Å². The summed E-state index contributed by atoms with van der Waals surface area (Å²) in [6, 6.07) is 7.35. The van der Waals surface area contributed by atoms with Crippen LogP contribution in [0.4, 0.5) is 0 Å². The first-order valence-corrected chi connectivity index (χ1v) is 10.7. The van der Waals surface area contributed by atoms with Crippen molar-refractivity contribution in [3.8, 4) is 5.75 Å². The monoisotopic (exact) mass is 411 g/mol. The average molecular weight is 412 g/mol. The number of H-pyrrole nitrogens is 1. The summed E-state index contributed by atoms with van der Waals surface area (Å²) in [6.07, 6.45) is 3.28. The van der Waals surface area contributed by atoms with E-state index in [0.29, 0.717) is 32.8 Å². The van der Waals surface area contributed by atoms with E-state index in [2.05, 4.69) is 25.7 Å². The van der Waals surface area contributed by atoms with Crippen LogP contribution in [0.2, 0.25) is 0 Å². The molecule has 0 bridgehead atoms. The highest BCUT2D eigenvalue weighted by atomic mass is 16.5. The van der Waals surface area contributed by atoms with Gasteiger partial charge in [-0.1, -0.05) is 18.2 Å². The Morgan fingerprint density at radius 1 is 1.33 bits per heavy atom. The number of ether oxygens (including phenoxy) is 1. The Labute approximate surface area is 176 Å². The van der Waals surface area contributed by atoms with Gasteiger partial charge in [0.25, 0.3) is 0 Å². The lowest BCUT2D eigenvalue weighted by atomic mass is 10.1. The molecule has 3 N–H and O–H groups in total. The van der Waals surface area contributed by atoms with Crippen LogP contribution in [0.5, 0.6) is 5.75 Å². The van der Waals surface area contributed by atoms with Gasteiger partial charge in [-0.05, 0) is 37.8 Å². The molecule has 0 saturated carbocycles. The van der Waals surface area contributed by atoms with Crippen LogP contribution in [-0.4, -0.2) is 52.6 Å². The minimum Gasteiger partial charge on any atom is -0.494 e. The molecule has 1 unspecified atom stereocenters. The molecule has 4 rings (SSSR count). The molecule has 30 heavy (non-hydrogen) atoms. The third kappa shape index (κ3) is 4.48. The number of hydrogen-bond acceptors (Lipinski definition) is 5. The van der Waals surface area contributed by atoms with Gasteiger partial charge in [0.05, 0.1) is 31.3 Å². The van der Waals surface area contributed by atoms with Gasteiger partial charge >= 0.3 is 0 Å². The van der Waals surface area contributed by atoms with Crippen molar-refractivity contribution in [3.63, 3.8) is 0 Å². The van der Waals surface area contributed by atoms with Gasteiger partial charge in [0.1, 0.15) is 5.75 Å². The van der Waals surface area contributed by atoms with E-state index in [1.807, 2.05) is 31.2 Å². The van der Waals surface area contributed by atoms with E-state index in [9.17, 15) is 9.59 Å². The summed E-state index contributed by atoms with van der Waals surface area (Å²) in [6.45, 7) is 4.76. The fraction of sp³-hybridized carbons (Fsp3) is 0.500. The lowest BCUT2D eigenvalue weighted by Crippen LogP contribution is -2.56. The van der Waals surface area contributed by atoms with Crippen LogP contribution in [0.1, 0.15) is 42.3 Å². The molecule has 160 valence electrons. The van der Waals surface area contributed by atoms with Gasteiger partial charge in [-0.15, -0.1) is 0 Å². The molecule has 1 aliphatic heterocycles. The number of aromatic nitrogens is 2. The summed E-state index contributed by atoms with van der Waals surface area (Å²) < 4.78 is 5.72. The van der Waals surface area contributed by atoms with Gasteiger partial charge in [-0.3, -0.25) is 19.6 Å². The highest BCUT2D eigenvalue weighted by Gasteiger charge is 2.32. The lowest BCUT2D eigenvalue weighted by Gasteiger charge is -2.35. The normalized spacial score (nSPS) is 18.7. The molecule has 2 aliphatic rings. The average Bonchev–Trinajstić information content (AvgIpc) is 3.35. The number of benzene rings is 1. The van der Waals surface area contributed by atoms with E-state index in [0.717, 1.165) is 36.3 Å². The van der Waals surface area contributed by atoms with Crippen LogP contribution in [0.25, 0.3) is 0 Å². The summed E-state index contributed by atoms with van der Waals surface area (Å²) >= 11 is 0. The molecule has 1 aromatic carbocycles. The van der Waals surface area contributed by atoms with Crippen LogP contribution in [-0.2, 0) is 35.5 Å². The number of carbonyl (C=O) groups is 2. The molecule has 8 heteroatoms. The highest BCUT2D eigenvalue weighted by molar-refractivity contribution is 5.88. The molecule has 8 nitrogen and oxygen atoms in total. The van der Waals surface area contributed by atoms with E-state index in [1.165, 1.54) is 11.3 Å². The maximum absolute atomic E-state index is 12.6. The Balaban J connectivity index is 1.39. The van der Waals surface area contributed by atoms with Crippen molar-refractivity contribution >= 4 is 11.8 Å². The molecule has 1 aliphatic carbocycles. The predicted molar refractivity (Wildman–Crippen MR) is 112 cm³/mol. The van der Waals surface area contributed by atoms with E-state index in [1.54, 1.807) is 0 Å². The van der Waals surface area contributed by atoms with Crippen LogP contribution >= 0.6 is 0 Å². The summed E-state index contributed by atoms with van der Waals surface area (Å²) in [5.41, 5.74) is 4.35. The van der Waals surface area contributed by atoms with Gasteiger partial charge in [0, 0.05) is 30.9 Å². The van der Waals surface area contributed by atoms with Crippen LogP contribution in [0, 0.1) is 0 Å². The van der Waals surface area contributed by atoms with E-state index in [-0.39, 0.29) is 18.2 Å². The van der Waals surface area contributed by atoms with Crippen LogP contribution < -0.4 is 15.4 Å². The van der Waals surface area contributed by atoms with Crippen molar-refractivity contribution < 1.29 is 14.3 Å². The number of piperazine rings is 1. The van der Waals surface area contributed by atoms with Crippen molar-refractivity contribution in [2.45, 2.75) is 51.7 Å². The van der Waals surface area contributed by atoms with E-state index in [4.69, 9.17) is 4.74 Å². The number of amides is 2. The fourth-order valence-corrected chi connectivity index (χ4v) is 4.29. The molecule has 1 saturated heterocycles. The maximum Gasteiger partial charge on any atom is 0.237 e. The topological polar surface area (TPSA) is 99.3 Å². The van der Waals surface area contributed by atoms with E-state index < -0.39 is 6.04 Å². The third-order valence-corrected chi connectivity index (χ3v) is 5.81. The number of aromatic amines is 1. The first-order valence-electron chi connectivity index (χ1n) is 10.7. The zero-order valence-corrected chi connectivity index (χ0v) is 17.4. The molecule has 2 heterocycles. The molecule has 0 spiro atoms. The van der Waals surface area contributed by atoms with Gasteiger partial charge in [0.2, 0.25) is 11.8 Å². The highest BCUT2D eigenvalue weighted by Crippen LogP contribution is 2.24. The first-order chi connectivity index (χ1) is 14.7. The quantitative estimate of drug-likeness (QED) is 0.608. The Morgan fingerprint density at radius 2 is 2.20 bits per heavy atom. The smallest absolute Gasteiger partial charge is 0.237 e. The maximum atomic E-state index is 12.6. The number of rotatable bonds is 8. The number of nitrogens with zero attached hydrogens (tertiary/aromatic N) is 2. The number of carbonyl (C=O) groups excluding carboxylic acids is 2. The molecule has 0 radical (unpaired) electrons. The third-order valence-electron chi connectivity index (χ3n) is 5.81. The Bertz CT molecular complexity index is 910. The van der Waals surface area contributed by atoms with Crippen molar-refractivity contribution in [1.82, 2.24) is 25.7 Å². The van der Waals surface area contributed by atoms with E-state index >= 15 is 0 Å². The number of fused-ring (bicyclic) bond motifs is 1. The number of para-hydroxylation sites is 1. The molecule has 1 aromatic heterocycles. The lowest BCUT2D eigenvalue weighted by molar-refractivity contribution is -0.134. The summed E-state index contributed by atoms with van der Waals surface area (Å²) in [5, 5.41) is 13.2. The van der Waals surface area contributed by atoms with Crippen LogP contribution in [0.15, 0.2) is 24.3 Å². The zero-order valence-electron chi connectivity index (χ0n) is 17.4. The van der Waals surface area contributed by atoms with Crippen LogP contribution in [0.3, 0.4) is 0 Å². The Hall–Kier alpha value is -2.87. The van der Waals surface area contributed by atoms with Crippen molar-refractivity contribution in [2.24, 2.45) is 0 Å². The minimum absolute atomic E-state index is 0.106. The largest absolute Gasteiger partial charge is 0.494 e. The van der Waals surface area contributed by atoms with Gasteiger partial charge < -0.3 is 15.4 Å². The van der Waals surface area contributed by atoms with Gasteiger partial charge in [-0.25, -0.2) is 0 Å². The van der Waals surface area contributed by atoms with Gasteiger partial charge in [-0.2, -0.15) is 5.10 Å². The van der Waals surface area contributed by atoms with Crippen molar-refractivity contribution in [1.29, 1.82) is 0 Å². The standard InChI is InChI=1S/C22H29N5O3/c1-2-30-20-9-4-3-6-15(20)14-27-11-10-23-22(29)19(27)12-21(28)24-13-18-16-7-5-8-17(16)25-26-18/h3-4,6,9,19H,2,5,7-8,10-14H2,1H3,(H,23,29)(H,24,28)(H,25,26). The minimum atomic E-state index is -0.502. The number of aryl methyl sites for hydroxylation is 1. The predicted octanol–water partition coefficient (Wildman–Crippen LogP) is 1.30. The number of hydrogen-bond donors (Lipinski definition) is 3. The molecule has 2 aromatic rings. The fourth-order valence-electron chi connectivity index (χ4n) is 4.29. The Morgan fingerprint density at radius 3 is 3.07 bits per heavy atom. The second-order valence-electron chi connectivity index (χ2n) is 7.78. The second kappa shape index (κ2) is 9.30. The zero-order chi connectivity index (χ0) is 20.9. The summed E-state index contributed by atoms with van der Waals surface area (Å²) in [7, 11) is 0. The molecule has 2 amide bonds. The SMILES string of the molecule is CCOc1ccccc1CN1CCNC(=O)C1CC(=O)NCc1n[nH]c2c1CCC2. The molecular weight excluding hydrogens is 382 g/mol. The molecule has 1 fully saturated rings. The van der Waals surface area contributed by atoms with Crippen molar-refractivity contribution in [2.75, 3.05) is 19.7 Å².